The van der Waals surface area contributed by atoms with Crippen LogP contribution in [0.1, 0.15) is 31.5 Å². The number of hydrogen-bond donors (Lipinski definition) is 2. The molecule has 0 amide bonds. The normalized spacial score (nSPS) is 28.6. The van der Waals surface area contributed by atoms with E-state index >= 15 is 0 Å². The molecule has 3 aliphatic heterocycles. The highest BCUT2D eigenvalue weighted by Crippen LogP contribution is 2.35. The molecule has 0 radical (unpaired) electrons. The Morgan fingerprint density at radius 3 is 2.87 bits per heavy atom. The van der Waals surface area contributed by atoms with Crippen molar-refractivity contribution < 1.29 is 4.65 Å². The number of fused-ring (bicyclic) bond motifs is 3. The molecule has 23 heavy (non-hydrogen) atoms. The van der Waals surface area contributed by atoms with Crippen molar-refractivity contribution in [1.29, 1.82) is 0 Å². The minimum Gasteiger partial charge on any atom is -0.619 e. The highest BCUT2D eigenvalue weighted by molar-refractivity contribution is 9.10. The van der Waals surface area contributed by atoms with Gasteiger partial charge in [-0.05, 0) is 24.1 Å². The van der Waals surface area contributed by atoms with Crippen molar-refractivity contribution in [2.75, 3.05) is 13.1 Å². The largest absolute Gasteiger partial charge is 0.619 e. The molecule has 1 aromatic rings. The molecule has 3 aliphatic rings. The molecule has 0 aromatic heterocycles. The number of rotatable bonds is 3. The summed E-state index contributed by atoms with van der Waals surface area (Å²) in [6.45, 7) is 3.14. The van der Waals surface area contributed by atoms with Crippen molar-refractivity contribution >= 4 is 27.7 Å². The molecule has 6 nitrogen and oxygen atoms in total. The average molecular weight is 376 g/mol. The Bertz CT molecular complexity index is 739. The molecule has 4 rings (SSSR count). The highest BCUT2D eigenvalue weighted by atomic mass is 79.9. The summed E-state index contributed by atoms with van der Waals surface area (Å²) in [7, 11) is 0. The van der Waals surface area contributed by atoms with E-state index in [0.29, 0.717) is 24.9 Å². The van der Waals surface area contributed by atoms with Crippen LogP contribution in [0.25, 0.3) is 0 Å². The van der Waals surface area contributed by atoms with Gasteiger partial charge in [-0.3, -0.25) is 9.96 Å². The second-order valence-corrected chi connectivity index (χ2v) is 6.86. The number of amidine groups is 1. The van der Waals surface area contributed by atoms with Crippen LogP contribution in [-0.2, 0) is 0 Å². The monoisotopic (exact) mass is 375 g/mol. The van der Waals surface area contributed by atoms with Gasteiger partial charge in [0.25, 0.3) is 0 Å². The maximum absolute atomic E-state index is 13.2. The first-order valence-electron chi connectivity index (χ1n) is 7.87. The van der Waals surface area contributed by atoms with E-state index in [0.717, 1.165) is 34.3 Å². The zero-order chi connectivity index (χ0) is 16.0. The highest BCUT2D eigenvalue weighted by Gasteiger charge is 2.48. The summed E-state index contributed by atoms with van der Waals surface area (Å²) in [6, 6.07) is 8.08. The summed E-state index contributed by atoms with van der Waals surface area (Å²) < 4.78 is 0.543. The van der Waals surface area contributed by atoms with Crippen molar-refractivity contribution in [1.82, 2.24) is 10.6 Å². The second-order valence-electron chi connectivity index (χ2n) is 5.95. The summed E-state index contributed by atoms with van der Waals surface area (Å²) in [5, 5.41) is 19.8. The Labute approximate surface area is 143 Å². The minimum atomic E-state index is -0.492. The van der Waals surface area contributed by atoms with Crippen molar-refractivity contribution in [3.63, 3.8) is 0 Å². The molecule has 2 atom stereocenters. The van der Waals surface area contributed by atoms with Crippen LogP contribution in [-0.4, -0.2) is 29.5 Å². The lowest BCUT2D eigenvalue weighted by atomic mass is 10.1. The fourth-order valence-electron chi connectivity index (χ4n) is 3.29. The van der Waals surface area contributed by atoms with Gasteiger partial charge in [0.2, 0.25) is 5.70 Å². The second kappa shape index (κ2) is 5.43. The molecular weight excluding hydrogens is 358 g/mol. The molecule has 0 spiro atoms. The molecule has 120 valence electrons. The predicted molar refractivity (Wildman–Crippen MR) is 93.3 cm³/mol. The van der Waals surface area contributed by atoms with E-state index < -0.39 is 4.65 Å². The average Bonchev–Trinajstić information content (AvgIpc) is 3.01. The topological polar surface area (TPSA) is 71.8 Å². The number of hydroxylamine groups is 3. The Morgan fingerprint density at radius 1 is 1.35 bits per heavy atom. The lowest BCUT2D eigenvalue weighted by molar-refractivity contribution is -0.732. The maximum Gasteiger partial charge on any atom is 0.309 e. The molecular formula is C16H18BrN5O. The SMILES string of the molecule is CCCC1=C2C(=NC(c3ccc(Br)cc3)N1)NC1=NCC[N+]12[O-]. The van der Waals surface area contributed by atoms with Gasteiger partial charge >= 0.3 is 5.96 Å². The predicted octanol–water partition coefficient (Wildman–Crippen LogP) is 2.75. The summed E-state index contributed by atoms with van der Waals surface area (Å²) in [5.74, 6) is 1.15. The standard InChI is InChI=1S/C16H18BrN5O/c1-2-3-12-13-15(21-16-18-8-9-22(13,16)23)20-14(19-12)10-4-6-11(17)7-5-10/h4-7,14,19H,2-3,8-9H2,1H3,(H,18,20,21). The fourth-order valence-corrected chi connectivity index (χ4v) is 3.56. The first-order chi connectivity index (χ1) is 11.1. The van der Waals surface area contributed by atoms with Crippen molar-refractivity contribution in [3.05, 3.63) is 50.9 Å². The molecule has 2 unspecified atom stereocenters. The number of nitrogens with one attached hydrogen (secondary N) is 2. The van der Waals surface area contributed by atoms with Gasteiger partial charge in [-0.1, -0.05) is 41.4 Å². The van der Waals surface area contributed by atoms with E-state index in [1.807, 2.05) is 24.3 Å². The van der Waals surface area contributed by atoms with E-state index in [9.17, 15) is 5.21 Å². The van der Waals surface area contributed by atoms with Crippen LogP contribution in [0.4, 0.5) is 0 Å². The van der Waals surface area contributed by atoms with Crippen LogP contribution in [0, 0.1) is 5.21 Å². The van der Waals surface area contributed by atoms with Crippen LogP contribution in [0.2, 0.25) is 0 Å². The first-order valence-corrected chi connectivity index (χ1v) is 8.66. The van der Waals surface area contributed by atoms with Crippen LogP contribution in [0.15, 0.2) is 50.1 Å². The fraction of sp³-hybridized carbons (Fsp3) is 0.375. The molecule has 3 heterocycles. The minimum absolute atomic E-state index is 0.178. The van der Waals surface area contributed by atoms with Crippen LogP contribution >= 0.6 is 15.9 Å². The molecule has 1 fully saturated rings. The van der Waals surface area contributed by atoms with Crippen LogP contribution in [0.5, 0.6) is 0 Å². The third-order valence-corrected chi connectivity index (χ3v) is 4.90. The molecule has 1 saturated heterocycles. The van der Waals surface area contributed by atoms with Gasteiger partial charge < -0.3 is 10.5 Å². The summed E-state index contributed by atoms with van der Waals surface area (Å²) in [4.78, 5) is 9.04. The van der Waals surface area contributed by atoms with Crippen LogP contribution in [0.3, 0.4) is 0 Å². The van der Waals surface area contributed by atoms with E-state index in [1.54, 1.807) is 0 Å². The lowest BCUT2D eigenvalue weighted by Gasteiger charge is -2.35. The smallest absolute Gasteiger partial charge is 0.309 e. The number of guanidine groups is 1. The molecule has 1 aromatic carbocycles. The molecule has 0 saturated carbocycles. The summed E-state index contributed by atoms with van der Waals surface area (Å²) in [5.41, 5.74) is 2.78. The van der Waals surface area contributed by atoms with Gasteiger partial charge in [0.1, 0.15) is 12.7 Å². The number of benzene rings is 1. The Hall–Kier alpha value is -1.70. The third kappa shape index (κ3) is 2.31. The molecule has 7 heteroatoms. The van der Waals surface area contributed by atoms with Crippen LogP contribution < -0.4 is 10.6 Å². The first kappa shape index (κ1) is 14.9. The number of allylic oxidation sites excluding steroid dienone is 1. The van der Waals surface area contributed by atoms with E-state index in [-0.39, 0.29) is 6.17 Å². The molecule has 0 aliphatic carbocycles. The Morgan fingerprint density at radius 2 is 2.13 bits per heavy atom. The van der Waals surface area contributed by atoms with Gasteiger partial charge in [-0.25, -0.2) is 9.98 Å². The van der Waals surface area contributed by atoms with Gasteiger partial charge in [-0.2, -0.15) is 0 Å². The zero-order valence-electron chi connectivity index (χ0n) is 12.8. The number of halogens is 1. The van der Waals surface area contributed by atoms with E-state index in [2.05, 4.69) is 38.5 Å². The van der Waals surface area contributed by atoms with Gasteiger partial charge in [0, 0.05) is 4.47 Å². The Kier molecular flexibility index (Phi) is 3.51. The number of quaternary nitrogens is 1. The number of nitrogens with zero attached hydrogens (tertiary/aromatic N) is 3. The quantitative estimate of drug-likeness (QED) is 0.630. The summed E-state index contributed by atoms with van der Waals surface area (Å²) in [6.07, 6.45) is 1.63. The lowest BCUT2D eigenvalue weighted by Crippen LogP contribution is -2.44. The number of hydrogen-bond acceptors (Lipinski definition) is 5. The van der Waals surface area contributed by atoms with Gasteiger partial charge in [0.15, 0.2) is 5.84 Å². The summed E-state index contributed by atoms with van der Waals surface area (Å²) >= 11 is 3.45. The third-order valence-electron chi connectivity index (χ3n) is 4.38. The van der Waals surface area contributed by atoms with E-state index in [4.69, 9.17) is 4.99 Å². The zero-order valence-corrected chi connectivity index (χ0v) is 14.4. The van der Waals surface area contributed by atoms with E-state index in [1.165, 1.54) is 0 Å². The maximum atomic E-state index is 13.2. The van der Waals surface area contributed by atoms with Crippen molar-refractivity contribution in [2.45, 2.75) is 25.9 Å². The number of aliphatic imine (C=N–C) groups is 2. The van der Waals surface area contributed by atoms with Crippen molar-refractivity contribution in [2.24, 2.45) is 9.98 Å². The van der Waals surface area contributed by atoms with Crippen molar-refractivity contribution in [3.8, 4) is 0 Å². The van der Waals surface area contributed by atoms with Gasteiger partial charge in [0.05, 0.1) is 12.2 Å². The molecule has 2 N–H and O–H groups in total. The van der Waals surface area contributed by atoms with Gasteiger partial charge in [-0.15, -0.1) is 0 Å². The Balaban J connectivity index is 1.76. The molecule has 0 bridgehead atoms.